The zero-order valence-corrected chi connectivity index (χ0v) is 40.0. The molecule has 0 spiro atoms. The molecule has 0 aliphatic carbocycles. The minimum Gasteiger partial charge on any atom is -0.462 e. The van der Waals surface area contributed by atoms with Crippen LogP contribution >= 0.6 is 0 Å². The standard InChI is InChI=1S/C54H98O6/c1-4-7-10-13-16-18-20-22-24-26-27-29-30-32-34-36-38-41-44-47-53(56)59-50-51(49-58-52(55)46-43-40-15-12-9-6-3)60-54(57)48-45-42-39-37-35-33-31-28-25-23-21-19-17-14-11-8-5-2/h8,11,17,19,23,25,51H,4-7,9-10,12-16,18,20-22,24,26-50H2,1-3H3/b11-8-,19-17-,25-23-. The third-order valence-corrected chi connectivity index (χ3v) is 11.4. The van der Waals surface area contributed by atoms with Crippen LogP contribution in [-0.2, 0) is 28.6 Å². The number of carbonyl (C=O) groups is 3. The maximum Gasteiger partial charge on any atom is 0.306 e. The summed E-state index contributed by atoms with van der Waals surface area (Å²) >= 11 is 0. The Morgan fingerprint density at radius 1 is 0.350 bits per heavy atom. The number of carbonyl (C=O) groups excluding carboxylic acids is 3. The minimum atomic E-state index is -0.770. The van der Waals surface area contributed by atoms with E-state index in [1.165, 1.54) is 148 Å². The van der Waals surface area contributed by atoms with Gasteiger partial charge < -0.3 is 14.2 Å². The highest BCUT2D eigenvalue weighted by atomic mass is 16.6. The zero-order valence-electron chi connectivity index (χ0n) is 40.0. The van der Waals surface area contributed by atoms with Crippen LogP contribution in [0.5, 0.6) is 0 Å². The second kappa shape index (κ2) is 49.3. The quantitative estimate of drug-likeness (QED) is 0.0263. The molecule has 1 unspecified atom stereocenters. The molecule has 6 heteroatoms. The Kier molecular flexibility index (Phi) is 47.3. The Balaban J connectivity index is 4.17. The molecule has 0 heterocycles. The molecule has 0 radical (unpaired) electrons. The molecule has 60 heavy (non-hydrogen) atoms. The van der Waals surface area contributed by atoms with Gasteiger partial charge in [-0.25, -0.2) is 0 Å². The van der Waals surface area contributed by atoms with E-state index >= 15 is 0 Å². The van der Waals surface area contributed by atoms with Crippen LogP contribution in [0.2, 0.25) is 0 Å². The molecule has 0 fully saturated rings. The van der Waals surface area contributed by atoms with Gasteiger partial charge in [-0.2, -0.15) is 0 Å². The van der Waals surface area contributed by atoms with Crippen LogP contribution in [0.1, 0.15) is 271 Å². The topological polar surface area (TPSA) is 78.9 Å². The number of rotatable bonds is 47. The van der Waals surface area contributed by atoms with Crippen LogP contribution in [0.4, 0.5) is 0 Å². The summed E-state index contributed by atoms with van der Waals surface area (Å²) in [4.78, 5) is 37.7. The van der Waals surface area contributed by atoms with E-state index in [2.05, 4.69) is 57.2 Å². The van der Waals surface area contributed by atoms with E-state index in [0.717, 1.165) is 83.5 Å². The Hall–Kier alpha value is -2.37. The molecular weight excluding hydrogens is 745 g/mol. The smallest absolute Gasteiger partial charge is 0.306 e. The fourth-order valence-electron chi connectivity index (χ4n) is 7.52. The summed E-state index contributed by atoms with van der Waals surface area (Å²) in [7, 11) is 0. The average molecular weight is 843 g/mol. The molecule has 350 valence electrons. The first-order valence-corrected chi connectivity index (χ1v) is 26.0. The molecule has 0 aromatic carbocycles. The summed E-state index contributed by atoms with van der Waals surface area (Å²) < 4.78 is 16.7. The van der Waals surface area contributed by atoms with E-state index in [9.17, 15) is 14.4 Å². The molecular formula is C54H98O6. The van der Waals surface area contributed by atoms with E-state index in [4.69, 9.17) is 14.2 Å². The summed E-state index contributed by atoms with van der Waals surface area (Å²) in [5.41, 5.74) is 0. The summed E-state index contributed by atoms with van der Waals surface area (Å²) in [5.74, 6) is -0.882. The molecule has 0 aliphatic heterocycles. The highest BCUT2D eigenvalue weighted by Gasteiger charge is 2.19. The third kappa shape index (κ3) is 46.7. The summed E-state index contributed by atoms with van der Waals surface area (Å²) in [6, 6.07) is 0. The third-order valence-electron chi connectivity index (χ3n) is 11.4. The first kappa shape index (κ1) is 57.6. The van der Waals surface area contributed by atoms with Crippen molar-refractivity contribution in [3.05, 3.63) is 36.5 Å². The van der Waals surface area contributed by atoms with E-state index in [0.29, 0.717) is 19.3 Å². The molecule has 0 amide bonds. The van der Waals surface area contributed by atoms with Gasteiger partial charge in [-0.3, -0.25) is 14.4 Å². The van der Waals surface area contributed by atoms with Crippen molar-refractivity contribution in [1.29, 1.82) is 0 Å². The lowest BCUT2D eigenvalue weighted by Crippen LogP contribution is -2.30. The van der Waals surface area contributed by atoms with Crippen LogP contribution in [0.15, 0.2) is 36.5 Å². The van der Waals surface area contributed by atoms with Crippen LogP contribution in [-0.4, -0.2) is 37.2 Å². The van der Waals surface area contributed by atoms with E-state index < -0.39 is 6.10 Å². The summed E-state index contributed by atoms with van der Waals surface area (Å²) in [5, 5.41) is 0. The van der Waals surface area contributed by atoms with Crippen LogP contribution < -0.4 is 0 Å². The molecule has 0 aromatic rings. The fraction of sp³-hybridized carbons (Fsp3) is 0.833. The summed E-state index contributed by atoms with van der Waals surface area (Å²) in [6.07, 6.45) is 57.3. The van der Waals surface area contributed by atoms with Crippen LogP contribution in [0, 0.1) is 0 Å². The number of ether oxygens (including phenoxy) is 3. The number of hydrogen-bond donors (Lipinski definition) is 0. The van der Waals surface area contributed by atoms with Gasteiger partial charge in [0.25, 0.3) is 0 Å². The summed E-state index contributed by atoms with van der Waals surface area (Å²) in [6.45, 7) is 6.49. The highest BCUT2D eigenvalue weighted by Crippen LogP contribution is 2.16. The normalized spacial score (nSPS) is 12.2. The first-order valence-electron chi connectivity index (χ1n) is 26.0. The van der Waals surface area contributed by atoms with Gasteiger partial charge in [-0.05, 0) is 51.4 Å². The number of esters is 3. The van der Waals surface area contributed by atoms with Gasteiger partial charge in [-0.1, -0.05) is 237 Å². The number of allylic oxidation sites excluding steroid dienone is 6. The Labute approximate surface area is 372 Å². The fourth-order valence-corrected chi connectivity index (χ4v) is 7.52. The van der Waals surface area contributed by atoms with Crippen molar-refractivity contribution in [2.75, 3.05) is 13.2 Å². The molecule has 0 aromatic heterocycles. The van der Waals surface area contributed by atoms with Gasteiger partial charge >= 0.3 is 17.9 Å². The van der Waals surface area contributed by atoms with Gasteiger partial charge in [0.05, 0.1) is 0 Å². The van der Waals surface area contributed by atoms with Crippen LogP contribution in [0.25, 0.3) is 0 Å². The van der Waals surface area contributed by atoms with Gasteiger partial charge in [0.1, 0.15) is 13.2 Å². The maximum atomic E-state index is 12.7. The van der Waals surface area contributed by atoms with E-state index in [1.54, 1.807) is 0 Å². The van der Waals surface area contributed by atoms with Crippen LogP contribution in [0.3, 0.4) is 0 Å². The molecule has 6 nitrogen and oxygen atoms in total. The minimum absolute atomic E-state index is 0.0729. The molecule has 0 N–H and O–H groups in total. The largest absolute Gasteiger partial charge is 0.462 e. The number of hydrogen-bond acceptors (Lipinski definition) is 6. The molecule has 0 bridgehead atoms. The Bertz CT molecular complexity index is 1020. The van der Waals surface area contributed by atoms with Crippen molar-refractivity contribution in [2.24, 2.45) is 0 Å². The Morgan fingerprint density at radius 2 is 0.650 bits per heavy atom. The van der Waals surface area contributed by atoms with Gasteiger partial charge in [-0.15, -0.1) is 0 Å². The van der Waals surface area contributed by atoms with Gasteiger partial charge in [0, 0.05) is 19.3 Å². The van der Waals surface area contributed by atoms with Crippen molar-refractivity contribution >= 4 is 17.9 Å². The van der Waals surface area contributed by atoms with Gasteiger partial charge in [0.2, 0.25) is 0 Å². The number of unbranched alkanes of at least 4 members (excludes halogenated alkanes) is 30. The highest BCUT2D eigenvalue weighted by molar-refractivity contribution is 5.71. The molecule has 0 saturated heterocycles. The SMILES string of the molecule is CC/C=C\C/C=C\C/C=C\CCCCCCCCCC(=O)OC(COC(=O)CCCCCCCC)COC(=O)CCCCCCCCCCCCCCCCCCCCC. The monoisotopic (exact) mass is 843 g/mol. The first-order chi connectivity index (χ1) is 29.5. The Morgan fingerprint density at radius 3 is 1.02 bits per heavy atom. The van der Waals surface area contributed by atoms with Gasteiger partial charge in [0.15, 0.2) is 6.10 Å². The van der Waals surface area contributed by atoms with E-state index in [-0.39, 0.29) is 31.1 Å². The molecule has 0 aliphatic rings. The predicted molar refractivity (Wildman–Crippen MR) is 256 cm³/mol. The van der Waals surface area contributed by atoms with Crippen molar-refractivity contribution in [3.63, 3.8) is 0 Å². The lowest BCUT2D eigenvalue weighted by atomic mass is 10.0. The van der Waals surface area contributed by atoms with Crippen molar-refractivity contribution in [3.8, 4) is 0 Å². The predicted octanol–water partition coefficient (Wildman–Crippen LogP) is 16.9. The molecule has 0 saturated carbocycles. The van der Waals surface area contributed by atoms with Crippen molar-refractivity contribution < 1.29 is 28.6 Å². The lowest BCUT2D eigenvalue weighted by Gasteiger charge is -2.18. The van der Waals surface area contributed by atoms with Crippen molar-refractivity contribution in [1.82, 2.24) is 0 Å². The maximum absolute atomic E-state index is 12.7. The zero-order chi connectivity index (χ0) is 43.7. The van der Waals surface area contributed by atoms with E-state index in [1.807, 2.05) is 0 Å². The second-order valence-electron chi connectivity index (χ2n) is 17.4. The van der Waals surface area contributed by atoms with Crippen molar-refractivity contribution in [2.45, 2.75) is 277 Å². The molecule has 1 atom stereocenters. The molecule has 0 rings (SSSR count). The second-order valence-corrected chi connectivity index (χ2v) is 17.4. The lowest BCUT2D eigenvalue weighted by molar-refractivity contribution is -0.167. The average Bonchev–Trinajstić information content (AvgIpc) is 3.24.